The van der Waals surface area contributed by atoms with Crippen molar-refractivity contribution in [3.8, 4) is 0 Å². The molecule has 1 unspecified atom stereocenters. The van der Waals surface area contributed by atoms with E-state index in [1.165, 1.54) is 6.92 Å². The summed E-state index contributed by atoms with van der Waals surface area (Å²) < 4.78 is 57.2. The van der Waals surface area contributed by atoms with Crippen molar-refractivity contribution in [3.63, 3.8) is 0 Å². The van der Waals surface area contributed by atoms with E-state index in [0.717, 1.165) is 0 Å². The van der Waals surface area contributed by atoms with Crippen molar-refractivity contribution in [2.75, 3.05) is 25.9 Å². The van der Waals surface area contributed by atoms with Crippen LogP contribution in [0.1, 0.15) is 13.8 Å². The number of hydrogen-bond donors (Lipinski definition) is 2. The molecule has 0 aromatic heterocycles. The standard InChI is InChI=1S/C9H18F3N2O4P/c1-3-17-8(15)7(2)14-19(16,5-4-13)18-6-9(10,11)12/h7H,3-6,13H2,1-2H3,(H,14,16)/t7-,19?/m1/s1. The van der Waals surface area contributed by atoms with Crippen LogP contribution in [-0.4, -0.2) is 44.1 Å². The lowest BCUT2D eigenvalue weighted by Gasteiger charge is -2.23. The van der Waals surface area contributed by atoms with E-state index in [1.807, 2.05) is 0 Å². The van der Waals surface area contributed by atoms with Gasteiger partial charge in [-0.25, -0.2) is 5.09 Å². The van der Waals surface area contributed by atoms with Gasteiger partial charge in [-0.1, -0.05) is 0 Å². The third kappa shape index (κ3) is 8.20. The first-order valence-corrected chi connectivity index (χ1v) is 7.39. The molecule has 6 nitrogen and oxygen atoms in total. The fraction of sp³-hybridized carbons (Fsp3) is 0.889. The number of nitrogens with two attached hydrogens (primary N) is 1. The van der Waals surface area contributed by atoms with Crippen LogP contribution in [0.2, 0.25) is 0 Å². The first kappa shape index (κ1) is 18.4. The fourth-order valence-corrected chi connectivity index (χ4v) is 2.85. The molecule has 0 aromatic carbocycles. The van der Waals surface area contributed by atoms with Crippen molar-refractivity contribution in [1.82, 2.24) is 5.09 Å². The quantitative estimate of drug-likeness (QED) is 0.518. The lowest BCUT2D eigenvalue weighted by atomic mass is 10.4. The second kappa shape index (κ2) is 7.84. The molecule has 0 fully saturated rings. The van der Waals surface area contributed by atoms with Crippen molar-refractivity contribution in [1.29, 1.82) is 0 Å². The van der Waals surface area contributed by atoms with Crippen LogP contribution in [0.3, 0.4) is 0 Å². The summed E-state index contributed by atoms with van der Waals surface area (Å²) >= 11 is 0. The molecule has 19 heavy (non-hydrogen) atoms. The number of carbonyl (C=O) groups excluding carboxylic acids is 1. The van der Waals surface area contributed by atoms with E-state index in [4.69, 9.17) is 5.73 Å². The molecule has 0 radical (unpaired) electrons. The first-order chi connectivity index (χ1) is 8.63. The van der Waals surface area contributed by atoms with E-state index in [0.29, 0.717) is 0 Å². The van der Waals surface area contributed by atoms with Crippen molar-refractivity contribution in [3.05, 3.63) is 0 Å². The molecule has 0 aliphatic carbocycles. The van der Waals surface area contributed by atoms with Gasteiger partial charge in [0.05, 0.1) is 12.8 Å². The van der Waals surface area contributed by atoms with Gasteiger partial charge in [-0.15, -0.1) is 0 Å². The average Bonchev–Trinajstić information content (AvgIpc) is 2.26. The zero-order chi connectivity index (χ0) is 15.1. The lowest BCUT2D eigenvalue weighted by molar-refractivity contribution is -0.153. The summed E-state index contributed by atoms with van der Waals surface area (Å²) in [5.41, 5.74) is 5.17. The van der Waals surface area contributed by atoms with Gasteiger partial charge < -0.3 is 15.0 Å². The highest BCUT2D eigenvalue weighted by atomic mass is 31.2. The van der Waals surface area contributed by atoms with Gasteiger partial charge in [-0.3, -0.25) is 9.36 Å². The van der Waals surface area contributed by atoms with Gasteiger partial charge in [-0.2, -0.15) is 13.2 Å². The zero-order valence-electron chi connectivity index (χ0n) is 10.7. The maximum absolute atomic E-state index is 12.1. The molecular weight excluding hydrogens is 288 g/mol. The second-order valence-electron chi connectivity index (χ2n) is 3.68. The molecule has 0 rings (SSSR count). The van der Waals surface area contributed by atoms with E-state index in [1.54, 1.807) is 6.92 Å². The van der Waals surface area contributed by atoms with E-state index < -0.39 is 32.3 Å². The summed E-state index contributed by atoms with van der Waals surface area (Å²) in [5, 5.41) is 2.23. The zero-order valence-corrected chi connectivity index (χ0v) is 11.6. The number of hydrogen-bond acceptors (Lipinski definition) is 5. The Balaban J connectivity index is 4.61. The molecule has 114 valence electrons. The Hall–Kier alpha value is -0.630. The molecule has 0 saturated carbocycles. The molecule has 10 heteroatoms. The van der Waals surface area contributed by atoms with Gasteiger partial charge in [0.1, 0.15) is 6.04 Å². The molecule has 0 amide bonds. The van der Waals surface area contributed by atoms with Gasteiger partial charge in [0, 0.05) is 6.54 Å². The summed E-state index contributed by atoms with van der Waals surface area (Å²) in [6, 6.07) is -1.05. The van der Waals surface area contributed by atoms with Crippen molar-refractivity contribution in [2.24, 2.45) is 5.73 Å². The van der Waals surface area contributed by atoms with E-state index in [2.05, 4.69) is 14.3 Å². The summed E-state index contributed by atoms with van der Waals surface area (Å²) in [4.78, 5) is 11.3. The number of nitrogens with one attached hydrogen (secondary N) is 1. The van der Waals surface area contributed by atoms with Crippen LogP contribution >= 0.6 is 7.52 Å². The van der Waals surface area contributed by atoms with Crippen molar-refractivity contribution in [2.45, 2.75) is 26.1 Å². The summed E-state index contributed by atoms with van der Waals surface area (Å²) in [7, 11) is -3.85. The van der Waals surface area contributed by atoms with Gasteiger partial charge in [0.25, 0.3) is 7.52 Å². The average molecular weight is 306 g/mol. The Morgan fingerprint density at radius 1 is 1.47 bits per heavy atom. The van der Waals surface area contributed by atoms with E-state index in [9.17, 15) is 22.5 Å². The van der Waals surface area contributed by atoms with Gasteiger partial charge >= 0.3 is 12.1 Å². The van der Waals surface area contributed by atoms with E-state index >= 15 is 0 Å². The Morgan fingerprint density at radius 2 is 2.05 bits per heavy atom. The monoisotopic (exact) mass is 306 g/mol. The number of esters is 1. The summed E-state index contributed by atoms with van der Waals surface area (Å²) in [6.07, 6.45) is -4.92. The minimum absolute atomic E-state index is 0.107. The molecule has 0 bridgehead atoms. The van der Waals surface area contributed by atoms with E-state index in [-0.39, 0.29) is 19.3 Å². The van der Waals surface area contributed by atoms with Crippen molar-refractivity contribution >= 4 is 13.5 Å². The maximum atomic E-state index is 12.1. The first-order valence-electron chi connectivity index (χ1n) is 5.58. The molecule has 0 heterocycles. The third-order valence-corrected chi connectivity index (χ3v) is 4.06. The van der Waals surface area contributed by atoms with Crippen LogP contribution in [0.25, 0.3) is 0 Å². The van der Waals surface area contributed by atoms with Crippen LogP contribution in [0.5, 0.6) is 0 Å². The molecule has 3 N–H and O–H groups in total. The van der Waals surface area contributed by atoms with Gasteiger partial charge in [0.2, 0.25) is 0 Å². The van der Waals surface area contributed by atoms with Crippen LogP contribution in [0.15, 0.2) is 0 Å². The van der Waals surface area contributed by atoms with Crippen LogP contribution in [0, 0.1) is 0 Å². The topological polar surface area (TPSA) is 90.7 Å². The van der Waals surface area contributed by atoms with Crippen LogP contribution < -0.4 is 10.8 Å². The fourth-order valence-electron chi connectivity index (χ4n) is 1.13. The Kier molecular flexibility index (Phi) is 7.58. The molecule has 0 aliphatic heterocycles. The minimum atomic E-state index is -4.61. The second-order valence-corrected chi connectivity index (χ2v) is 5.99. The lowest BCUT2D eigenvalue weighted by Crippen LogP contribution is -2.36. The Labute approximate surface area is 109 Å². The molecule has 0 spiro atoms. The summed E-state index contributed by atoms with van der Waals surface area (Å²) in [6.45, 7) is 1.18. The molecule has 0 saturated heterocycles. The highest BCUT2D eigenvalue weighted by Gasteiger charge is 2.35. The number of halogens is 3. The predicted molar refractivity (Wildman–Crippen MR) is 62.8 cm³/mol. The number of alkyl halides is 3. The molecule has 0 aliphatic rings. The smallest absolute Gasteiger partial charge is 0.412 e. The third-order valence-electron chi connectivity index (χ3n) is 1.89. The normalized spacial score (nSPS) is 16.7. The number of carbonyl (C=O) groups is 1. The Bertz CT molecular complexity index is 338. The SMILES string of the molecule is CCOC(=O)[C@@H](C)NP(=O)(CCN)OCC(F)(F)F. The largest absolute Gasteiger partial charge is 0.465 e. The highest BCUT2D eigenvalue weighted by molar-refractivity contribution is 7.56. The van der Waals surface area contributed by atoms with Gasteiger partial charge in [-0.05, 0) is 13.8 Å². The van der Waals surface area contributed by atoms with Crippen molar-refractivity contribution < 1.29 is 31.8 Å². The summed E-state index contributed by atoms with van der Waals surface area (Å²) in [5.74, 6) is -0.727. The maximum Gasteiger partial charge on any atom is 0.412 e. The highest BCUT2D eigenvalue weighted by Crippen LogP contribution is 2.43. The van der Waals surface area contributed by atoms with Gasteiger partial charge in [0.15, 0.2) is 6.61 Å². The van der Waals surface area contributed by atoms with Crippen LogP contribution in [0.4, 0.5) is 13.2 Å². The predicted octanol–water partition coefficient (Wildman–Crippen LogP) is 1.26. The minimum Gasteiger partial charge on any atom is -0.465 e. The Morgan fingerprint density at radius 3 is 2.47 bits per heavy atom. The number of ether oxygens (including phenoxy) is 1. The molecule has 0 aromatic rings. The number of rotatable bonds is 8. The molecule has 2 atom stereocenters. The molecular formula is C9H18F3N2O4P. The van der Waals surface area contributed by atoms with Crippen LogP contribution in [-0.2, 0) is 18.6 Å².